The zero-order valence-electron chi connectivity index (χ0n) is 12.7. The molecule has 1 aromatic carbocycles. The fourth-order valence-electron chi connectivity index (χ4n) is 2.15. The lowest BCUT2D eigenvalue weighted by Gasteiger charge is -2.19. The van der Waals surface area contributed by atoms with Gasteiger partial charge in [-0.3, -0.25) is 0 Å². The number of hydrogen-bond donors (Lipinski definition) is 1. The average Bonchev–Trinajstić information content (AvgIpc) is 2.94. The number of hydrogen-bond acceptors (Lipinski definition) is 3. The lowest BCUT2D eigenvalue weighted by atomic mass is 10.0. The summed E-state index contributed by atoms with van der Waals surface area (Å²) in [5.74, 6) is 2.33. The number of halogens is 1. The second kappa shape index (κ2) is 7.66. The van der Waals surface area contributed by atoms with Crippen LogP contribution in [0.15, 0.2) is 45.5 Å². The summed E-state index contributed by atoms with van der Waals surface area (Å²) in [7, 11) is 0. The van der Waals surface area contributed by atoms with E-state index in [2.05, 4.69) is 48.1 Å². The fourth-order valence-corrected chi connectivity index (χ4v) is 2.53. The van der Waals surface area contributed by atoms with Gasteiger partial charge in [0, 0.05) is 11.0 Å². The Balaban J connectivity index is 1.88. The summed E-state index contributed by atoms with van der Waals surface area (Å²) in [6, 6.07) is 10.0. The first-order valence-electron chi connectivity index (χ1n) is 7.25. The van der Waals surface area contributed by atoms with Crippen LogP contribution >= 0.6 is 15.9 Å². The Bertz CT molecular complexity index is 552. The van der Waals surface area contributed by atoms with E-state index in [1.807, 2.05) is 24.3 Å². The first-order valence-corrected chi connectivity index (χ1v) is 8.04. The molecule has 2 aromatic rings. The van der Waals surface area contributed by atoms with Crippen LogP contribution in [0.1, 0.15) is 38.0 Å². The van der Waals surface area contributed by atoms with E-state index < -0.39 is 0 Å². The Morgan fingerprint density at radius 1 is 1.24 bits per heavy atom. The van der Waals surface area contributed by atoms with Gasteiger partial charge in [-0.05, 0) is 48.7 Å². The summed E-state index contributed by atoms with van der Waals surface area (Å²) in [6.45, 7) is 7.91. The van der Waals surface area contributed by atoms with Crippen molar-refractivity contribution in [3.05, 3.63) is 52.4 Å². The molecule has 114 valence electrons. The summed E-state index contributed by atoms with van der Waals surface area (Å²) in [4.78, 5) is 0. The highest BCUT2D eigenvalue weighted by molar-refractivity contribution is 9.10. The molecule has 0 amide bonds. The summed E-state index contributed by atoms with van der Waals surface area (Å²) in [5.41, 5.74) is 1.22. The molecule has 0 aliphatic rings. The van der Waals surface area contributed by atoms with E-state index >= 15 is 0 Å². The molecule has 1 heterocycles. The largest absolute Gasteiger partial charge is 0.489 e. The standard InChI is InChI=1S/C17H22BrNO2/c1-12(2)16-9-14(18)6-7-17(16)21-13(3)10-19-11-15-5-4-8-20-15/h4-9,12-13,19H,10-11H2,1-3H3. The predicted molar refractivity (Wildman–Crippen MR) is 88.7 cm³/mol. The van der Waals surface area contributed by atoms with Crippen molar-refractivity contribution in [2.75, 3.05) is 6.54 Å². The molecule has 0 spiro atoms. The highest BCUT2D eigenvalue weighted by Gasteiger charge is 2.11. The molecule has 0 radical (unpaired) electrons. The van der Waals surface area contributed by atoms with E-state index in [-0.39, 0.29) is 6.10 Å². The minimum absolute atomic E-state index is 0.0960. The van der Waals surface area contributed by atoms with Crippen LogP contribution in [-0.4, -0.2) is 12.6 Å². The number of rotatable bonds is 7. The molecule has 0 fully saturated rings. The maximum Gasteiger partial charge on any atom is 0.123 e. The smallest absolute Gasteiger partial charge is 0.123 e. The molecular formula is C17H22BrNO2. The fraction of sp³-hybridized carbons (Fsp3) is 0.412. The second-order valence-corrected chi connectivity index (χ2v) is 6.39. The van der Waals surface area contributed by atoms with Gasteiger partial charge in [-0.25, -0.2) is 0 Å². The van der Waals surface area contributed by atoms with E-state index in [9.17, 15) is 0 Å². The molecule has 0 saturated carbocycles. The van der Waals surface area contributed by atoms with Crippen molar-refractivity contribution in [2.45, 2.75) is 39.3 Å². The van der Waals surface area contributed by atoms with Crippen molar-refractivity contribution in [2.24, 2.45) is 0 Å². The normalized spacial score (nSPS) is 12.6. The van der Waals surface area contributed by atoms with Gasteiger partial charge >= 0.3 is 0 Å². The topological polar surface area (TPSA) is 34.4 Å². The predicted octanol–water partition coefficient (Wildman–Crippen LogP) is 4.72. The Kier molecular flexibility index (Phi) is 5.88. The van der Waals surface area contributed by atoms with Gasteiger partial charge in [0.05, 0.1) is 12.8 Å². The molecule has 1 aromatic heterocycles. The number of benzene rings is 1. The van der Waals surface area contributed by atoms with Gasteiger partial charge in [0.15, 0.2) is 0 Å². The van der Waals surface area contributed by atoms with Crippen molar-refractivity contribution in [3.8, 4) is 5.75 Å². The van der Waals surface area contributed by atoms with Crippen LogP contribution in [0.4, 0.5) is 0 Å². The van der Waals surface area contributed by atoms with Gasteiger partial charge in [0.2, 0.25) is 0 Å². The van der Waals surface area contributed by atoms with Crippen molar-refractivity contribution < 1.29 is 9.15 Å². The van der Waals surface area contributed by atoms with Gasteiger partial charge in [0.25, 0.3) is 0 Å². The van der Waals surface area contributed by atoms with Crippen LogP contribution in [0.2, 0.25) is 0 Å². The first kappa shape index (κ1) is 16.1. The van der Waals surface area contributed by atoms with E-state index in [0.717, 1.165) is 29.1 Å². The average molecular weight is 352 g/mol. The molecule has 1 unspecified atom stereocenters. The Morgan fingerprint density at radius 3 is 2.71 bits per heavy atom. The van der Waals surface area contributed by atoms with Crippen molar-refractivity contribution in [1.82, 2.24) is 5.32 Å². The molecule has 0 aliphatic heterocycles. The Hall–Kier alpha value is -1.26. The van der Waals surface area contributed by atoms with Crippen molar-refractivity contribution in [1.29, 1.82) is 0 Å². The molecule has 2 rings (SSSR count). The molecule has 0 saturated heterocycles. The Morgan fingerprint density at radius 2 is 2.05 bits per heavy atom. The van der Waals surface area contributed by atoms with Gasteiger partial charge in [-0.2, -0.15) is 0 Å². The van der Waals surface area contributed by atoms with Crippen LogP contribution in [0.5, 0.6) is 5.75 Å². The highest BCUT2D eigenvalue weighted by atomic mass is 79.9. The van der Waals surface area contributed by atoms with Crippen LogP contribution in [0, 0.1) is 0 Å². The van der Waals surface area contributed by atoms with Crippen LogP contribution < -0.4 is 10.1 Å². The van der Waals surface area contributed by atoms with Gasteiger partial charge in [-0.1, -0.05) is 29.8 Å². The van der Waals surface area contributed by atoms with Gasteiger partial charge < -0.3 is 14.5 Å². The maximum atomic E-state index is 6.07. The monoisotopic (exact) mass is 351 g/mol. The van der Waals surface area contributed by atoms with E-state index in [0.29, 0.717) is 5.92 Å². The minimum atomic E-state index is 0.0960. The zero-order chi connectivity index (χ0) is 15.2. The number of furan rings is 1. The third-order valence-corrected chi connectivity index (χ3v) is 3.73. The first-order chi connectivity index (χ1) is 10.1. The maximum absolute atomic E-state index is 6.07. The SMILES string of the molecule is CC(CNCc1ccco1)Oc1ccc(Br)cc1C(C)C. The zero-order valence-corrected chi connectivity index (χ0v) is 14.3. The van der Waals surface area contributed by atoms with Crippen molar-refractivity contribution >= 4 is 15.9 Å². The highest BCUT2D eigenvalue weighted by Crippen LogP contribution is 2.30. The minimum Gasteiger partial charge on any atom is -0.489 e. The molecule has 3 nitrogen and oxygen atoms in total. The van der Waals surface area contributed by atoms with Crippen LogP contribution in [0.25, 0.3) is 0 Å². The second-order valence-electron chi connectivity index (χ2n) is 5.48. The molecule has 1 atom stereocenters. The summed E-state index contributed by atoms with van der Waals surface area (Å²) in [5, 5.41) is 3.34. The van der Waals surface area contributed by atoms with E-state index in [4.69, 9.17) is 9.15 Å². The third kappa shape index (κ3) is 4.90. The number of ether oxygens (including phenoxy) is 1. The lowest BCUT2D eigenvalue weighted by Crippen LogP contribution is -2.28. The number of nitrogens with one attached hydrogen (secondary N) is 1. The molecule has 0 bridgehead atoms. The van der Waals surface area contributed by atoms with E-state index in [1.165, 1.54) is 5.56 Å². The Labute approximate surface area is 134 Å². The van der Waals surface area contributed by atoms with Crippen LogP contribution in [0.3, 0.4) is 0 Å². The summed E-state index contributed by atoms with van der Waals surface area (Å²) in [6.07, 6.45) is 1.78. The van der Waals surface area contributed by atoms with Crippen LogP contribution in [-0.2, 0) is 6.54 Å². The molecule has 1 N–H and O–H groups in total. The molecule has 21 heavy (non-hydrogen) atoms. The molecule has 4 heteroatoms. The molecule has 0 aliphatic carbocycles. The van der Waals surface area contributed by atoms with Gasteiger partial charge in [0.1, 0.15) is 17.6 Å². The summed E-state index contributed by atoms with van der Waals surface area (Å²) < 4.78 is 12.4. The molecular weight excluding hydrogens is 330 g/mol. The lowest BCUT2D eigenvalue weighted by molar-refractivity contribution is 0.213. The summed E-state index contributed by atoms with van der Waals surface area (Å²) >= 11 is 3.52. The third-order valence-electron chi connectivity index (χ3n) is 3.23. The van der Waals surface area contributed by atoms with E-state index in [1.54, 1.807) is 6.26 Å². The van der Waals surface area contributed by atoms with Gasteiger partial charge in [-0.15, -0.1) is 0 Å². The van der Waals surface area contributed by atoms with Crippen molar-refractivity contribution in [3.63, 3.8) is 0 Å². The quantitative estimate of drug-likeness (QED) is 0.783.